The highest BCUT2D eigenvalue weighted by Crippen LogP contribution is 2.31. The van der Waals surface area contributed by atoms with Gasteiger partial charge in [0.05, 0.1) is 4.90 Å². The van der Waals surface area contributed by atoms with E-state index in [0.717, 1.165) is 5.56 Å². The van der Waals surface area contributed by atoms with Gasteiger partial charge in [-0.3, -0.25) is 4.57 Å². The predicted octanol–water partition coefficient (Wildman–Crippen LogP) is 2.13. The molecule has 1 heterocycles. The zero-order valence-corrected chi connectivity index (χ0v) is 12.5. The van der Waals surface area contributed by atoms with Crippen LogP contribution in [0.5, 0.6) is 0 Å². The van der Waals surface area contributed by atoms with Crippen LogP contribution in [-0.4, -0.2) is 20.8 Å². The quantitative estimate of drug-likeness (QED) is 0.858. The molecule has 1 aromatic carbocycles. The lowest BCUT2D eigenvalue weighted by Gasteiger charge is -2.10. The van der Waals surface area contributed by atoms with Crippen molar-refractivity contribution >= 4 is 11.8 Å². The van der Waals surface area contributed by atoms with Crippen molar-refractivity contribution in [3.63, 3.8) is 0 Å². The number of aromatic nitrogens is 3. The smallest absolute Gasteiger partial charge is 0.310 e. The number of halogens is 1. The van der Waals surface area contributed by atoms with Crippen molar-refractivity contribution in [2.75, 3.05) is 0 Å². The Bertz CT molecular complexity index is 693. The average Bonchev–Trinajstić information content (AvgIpc) is 3.23. The summed E-state index contributed by atoms with van der Waals surface area (Å²) in [5.74, 6) is -0.284. The zero-order chi connectivity index (χ0) is 14.8. The van der Waals surface area contributed by atoms with Gasteiger partial charge in [-0.1, -0.05) is 12.1 Å². The van der Waals surface area contributed by atoms with Gasteiger partial charge in [-0.15, -0.1) is 5.10 Å². The van der Waals surface area contributed by atoms with Gasteiger partial charge in [-0.25, -0.2) is 14.3 Å². The minimum Gasteiger partial charge on any atom is -0.310 e. The molecular weight excluding hydrogens is 291 g/mol. The molecule has 0 amide bonds. The summed E-state index contributed by atoms with van der Waals surface area (Å²) in [4.78, 5) is 12.1. The first-order valence-corrected chi connectivity index (χ1v) is 7.84. The van der Waals surface area contributed by atoms with Crippen molar-refractivity contribution < 1.29 is 4.39 Å². The van der Waals surface area contributed by atoms with Gasteiger partial charge >= 0.3 is 5.69 Å². The highest BCUT2D eigenvalue weighted by molar-refractivity contribution is 7.99. The second kappa shape index (κ2) is 6.03. The fourth-order valence-corrected chi connectivity index (χ4v) is 3.13. The van der Waals surface area contributed by atoms with Crippen molar-refractivity contribution in [3.8, 4) is 0 Å². The van der Waals surface area contributed by atoms with Gasteiger partial charge in [-0.05, 0) is 43.2 Å². The molecule has 0 spiro atoms. The number of nitrogens with one attached hydrogen (secondary N) is 2. The molecule has 0 unspecified atom stereocenters. The molecule has 112 valence electrons. The van der Waals surface area contributed by atoms with Gasteiger partial charge in [0, 0.05) is 19.1 Å². The minimum absolute atomic E-state index is 0.269. The monoisotopic (exact) mass is 308 g/mol. The third kappa shape index (κ3) is 3.19. The van der Waals surface area contributed by atoms with E-state index in [-0.39, 0.29) is 11.5 Å². The molecule has 2 N–H and O–H groups in total. The Balaban J connectivity index is 1.87. The number of H-pyrrole nitrogens is 1. The van der Waals surface area contributed by atoms with Crippen molar-refractivity contribution in [2.24, 2.45) is 0 Å². The normalized spacial score (nSPS) is 14.6. The van der Waals surface area contributed by atoms with Crippen molar-refractivity contribution in [1.82, 2.24) is 20.1 Å². The third-order valence-corrected chi connectivity index (χ3v) is 4.60. The minimum atomic E-state index is -0.284. The summed E-state index contributed by atoms with van der Waals surface area (Å²) in [7, 11) is 0. The van der Waals surface area contributed by atoms with Crippen LogP contribution in [0, 0.1) is 5.82 Å². The lowest BCUT2D eigenvalue weighted by molar-refractivity contribution is 0.587. The standard InChI is InChI=1S/C14H17FN4OS/c1-2-19-13(20)17-18-14(19)21-12-9(4-3-5-11(12)15)8-16-10-6-7-10/h3-5,10,16H,2,6-8H2,1H3,(H,17,20). The predicted molar refractivity (Wildman–Crippen MR) is 78.9 cm³/mol. The second-order valence-corrected chi connectivity index (χ2v) is 6.02. The first-order valence-electron chi connectivity index (χ1n) is 7.03. The van der Waals surface area contributed by atoms with E-state index in [1.54, 1.807) is 6.07 Å². The Hall–Kier alpha value is -1.60. The molecule has 0 radical (unpaired) electrons. The molecule has 0 bridgehead atoms. The maximum absolute atomic E-state index is 14.1. The van der Waals surface area contributed by atoms with Crippen LogP contribution in [0.3, 0.4) is 0 Å². The molecule has 7 heteroatoms. The molecule has 0 saturated heterocycles. The maximum atomic E-state index is 14.1. The summed E-state index contributed by atoms with van der Waals surface area (Å²) in [6, 6.07) is 5.61. The first kappa shape index (κ1) is 14.3. The molecule has 2 aromatic rings. The van der Waals surface area contributed by atoms with E-state index in [0.29, 0.717) is 29.2 Å². The molecule has 1 aliphatic carbocycles. The summed E-state index contributed by atoms with van der Waals surface area (Å²) in [5, 5.41) is 10.2. The summed E-state index contributed by atoms with van der Waals surface area (Å²) >= 11 is 1.19. The van der Waals surface area contributed by atoms with Gasteiger partial charge in [-0.2, -0.15) is 0 Å². The molecule has 1 fully saturated rings. The molecule has 1 saturated carbocycles. The number of hydrogen-bond acceptors (Lipinski definition) is 4. The van der Waals surface area contributed by atoms with Crippen molar-refractivity contribution in [3.05, 3.63) is 40.1 Å². The van der Waals surface area contributed by atoms with Crippen LogP contribution < -0.4 is 11.0 Å². The molecule has 1 aromatic heterocycles. The van der Waals surface area contributed by atoms with Gasteiger partial charge < -0.3 is 5.32 Å². The first-order chi connectivity index (χ1) is 10.2. The molecule has 21 heavy (non-hydrogen) atoms. The van der Waals surface area contributed by atoms with Crippen molar-refractivity contribution in [1.29, 1.82) is 0 Å². The van der Waals surface area contributed by atoms with Crippen LogP contribution in [0.25, 0.3) is 0 Å². The Morgan fingerprint density at radius 2 is 2.33 bits per heavy atom. The fraction of sp³-hybridized carbons (Fsp3) is 0.429. The van der Waals surface area contributed by atoms with E-state index in [9.17, 15) is 9.18 Å². The molecule has 3 rings (SSSR count). The topological polar surface area (TPSA) is 62.7 Å². The van der Waals surface area contributed by atoms with E-state index >= 15 is 0 Å². The maximum Gasteiger partial charge on any atom is 0.343 e. The summed E-state index contributed by atoms with van der Waals surface area (Å²) in [6.07, 6.45) is 2.37. The fourth-order valence-electron chi connectivity index (χ4n) is 2.10. The van der Waals surface area contributed by atoms with E-state index in [4.69, 9.17) is 0 Å². The van der Waals surface area contributed by atoms with E-state index in [1.807, 2.05) is 13.0 Å². The molecule has 5 nitrogen and oxygen atoms in total. The second-order valence-electron chi connectivity index (χ2n) is 5.04. The Morgan fingerprint density at radius 3 is 3.05 bits per heavy atom. The van der Waals surface area contributed by atoms with Gasteiger partial charge in [0.25, 0.3) is 0 Å². The average molecular weight is 308 g/mol. The Labute approximate surface area is 125 Å². The number of nitrogens with zero attached hydrogens (tertiary/aromatic N) is 2. The molecular formula is C14H17FN4OS. The van der Waals surface area contributed by atoms with Crippen LogP contribution in [0.1, 0.15) is 25.3 Å². The zero-order valence-electron chi connectivity index (χ0n) is 11.7. The summed E-state index contributed by atoms with van der Waals surface area (Å²) in [6.45, 7) is 2.99. The summed E-state index contributed by atoms with van der Waals surface area (Å²) in [5.41, 5.74) is 0.624. The van der Waals surface area contributed by atoms with E-state index in [2.05, 4.69) is 15.5 Å². The van der Waals surface area contributed by atoms with Gasteiger partial charge in [0.2, 0.25) is 0 Å². The molecule has 0 atom stereocenters. The van der Waals surface area contributed by atoms with Crippen LogP contribution in [0.2, 0.25) is 0 Å². The summed E-state index contributed by atoms with van der Waals surface area (Å²) < 4.78 is 15.6. The van der Waals surface area contributed by atoms with Crippen LogP contribution >= 0.6 is 11.8 Å². The number of hydrogen-bond donors (Lipinski definition) is 2. The van der Waals surface area contributed by atoms with E-state index in [1.165, 1.54) is 35.2 Å². The van der Waals surface area contributed by atoms with Crippen LogP contribution in [0.4, 0.5) is 4.39 Å². The molecule has 0 aliphatic heterocycles. The Kier molecular flexibility index (Phi) is 4.12. The van der Waals surface area contributed by atoms with E-state index < -0.39 is 0 Å². The van der Waals surface area contributed by atoms with Crippen LogP contribution in [-0.2, 0) is 13.1 Å². The number of rotatable bonds is 6. The number of aromatic amines is 1. The molecule has 1 aliphatic rings. The van der Waals surface area contributed by atoms with Gasteiger partial charge in [0.15, 0.2) is 5.16 Å². The Morgan fingerprint density at radius 1 is 1.52 bits per heavy atom. The highest BCUT2D eigenvalue weighted by atomic mass is 32.2. The number of benzene rings is 1. The lowest BCUT2D eigenvalue weighted by Crippen LogP contribution is -2.17. The van der Waals surface area contributed by atoms with Gasteiger partial charge in [0.1, 0.15) is 5.82 Å². The largest absolute Gasteiger partial charge is 0.343 e. The SMILES string of the molecule is CCn1c(Sc2c(F)cccc2CNC2CC2)n[nH]c1=O. The lowest BCUT2D eigenvalue weighted by atomic mass is 10.2. The van der Waals surface area contributed by atoms with Crippen LogP contribution in [0.15, 0.2) is 33.0 Å². The van der Waals surface area contributed by atoms with Crippen molar-refractivity contribution in [2.45, 2.75) is 48.9 Å². The third-order valence-electron chi connectivity index (χ3n) is 3.44. The highest BCUT2D eigenvalue weighted by Gasteiger charge is 2.21.